The molecule has 6 atom stereocenters. The molecule has 1 aromatic heterocycles. The van der Waals surface area contributed by atoms with Gasteiger partial charge in [0.15, 0.2) is 0 Å². The lowest BCUT2D eigenvalue weighted by molar-refractivity contribution is 0.0456. The Morgan fingerprint density at radius 2 is 2.12 bits per heavy atom. The molecule has 0 radical (unpaired) electrons. The summed E-state index contributed by atoms with van der Waals surface area (Å²) in [6.45, 7) is 3.93. The van der Waals surface area contributed by atoms with Crippen molar-refractivity contribution in [2.75, 3.05) is 24.6 Å². The van der Waals surface area contributed by atoms with Crippen LogP contribution < -0.4 is 14.4 Å². The topological polar surface area (TPSA) is 91.8 Å². The summed E-state index contributed by atoms with van der Waals surface area (Å²) >= 11 is 6.29. The second-order valence-electron chi connectivity index (χ2n) is 12.3. The molecule has 1 unspecified atom stereocenters. The summed E-state index contributed by atoms with van der Waals surface area (Å²) in [7, 11) is -2.88. The lowest BCUT2D eigenvalue weighted by Gasteiger charge is -2.45. The zero-order valence-electron chi connectivity index (χ0n) is 23.7. The van der Waals surface area contributed by atoms with Crippen LogP contribution in [0.3, 0.4) is 0 Å². The molecule has 2 aliphatic heterocycles. The number of pyridine rings is 1. The zero-order valence-corrected chi connectivity index (χ0v) is 25.3. The molecular formula is C32H40ClN3O4S. The van der Waals surface area contributed by atoms with Gasteiger partial charge in [0.25, 0.3) is 5.91 Å². The molecule has 2 aliphatic carbocycles. The number of fused-ring (bicyclic) bond motifs is 4. The number of aliphatic hydroxyl groups is 1. The standard InChI is InChI=1S/C32H40ClN3O4S/c1-3-23-7-4-5-9-28(37)24-12-10-22(24)18-36-19-32(16-6-8-26-25(32)13-15-30(33)34-26)20-40-29-14-11-21(17-27(29)36)31(38)35-41(23,2)39/h5,9,11,13-15,17,22-24,28,37H,2-4,6-8,10,12,16,18-20H2,1H3,(H,35,38,39)/b9-5+/t22-,23+,24+,28-,32-,41?/m0/s1. The Morgan fingerprint density at radius 3 is 2.90 bits per heavy atom. The molecule has 7 nitrogen and oxygen atoms in total. The van der Waals surface area contributed by atoms with Crippen LogP contribution in [0.5, 0.6) is 5.75 Å². The molecule has 0 saturated heterocycles. The van der Waals surface area contributed by atoms with Crippen LogP contribution in [0.1, 0.15) is 73.5 Å². The molecular weight excluding hydrogens is 558 g/mol. The predicted octanol–water partition coefficient (Wildman–Crippen LogP) is 5.09. The van der Waals surface area contributed by atoms with Gasteiger partial charge in [-0.3, -0.25) is 9.52 Å². The molecule has 220 valence electrons. The van der Waals surface area contributed by atoms with Gasteiger partial charge in [0.2, 0.25) is 0 Å². The Labute approximate surface area is 248 Å². The van der Waals surface area contributed by atoms with Gasteiger partial charge in [0.1, 0.15) is 10.9 Å². The monoisotopic (exact) mass is 597 g/mol. The van der Waals surface area contributed by atoms with Gasteiger partial charge in [0.05, 0.1) is 28.1 Å². The number of benzene rings is 1. The molecule has 1 saturated carbocycles. The van der Waals surface area contributed by atoms with Gasteiger partial charge in [-0.05, 0) is 98.9 Å². The number of amides is 1. The van der Waals surface area contributed by atoms with Crippen molar-refractivity contribution in [1.82, 2.24) is 9.71 Å². The van der Waals surface area contributed by atoms with Crippen molar-refractivity contribution >= 4 is 38.8 Å². The molecule has 1 aromatic carbocycles. The van der Waals surface area contributed by atoms with Crippen LogP contribution >= 0.6 is 11.6 Å². The number of rotatable bonds is 1. The number of ether oxygens (including phenoxy) is 1. The highest BCUT2D eigenvalue weighted by Crippen LogP contribution is 2.46. The Hall–Kier alpha value is -2.55. The molecule has 2 bridgehead atoms. The number of aliphatic hydroxyl groups excluding tert-OH is 1. The van der Waals surface area contributed by atoms with E-state index in [0.29, 0.717) is 49.0 Å². The highest BCUT2D eigenvalue weighted by molar-refractivity contribution is 7.99. The van der Waals surface area contributed by atoms with E-state index in [9.17, 15) is 14.1 Å². The van der Waals surface area contributed by atoms with Crippen molar-refractivity contribution in [3.8, 4) is 5.75 Å². The molecule has 3 heterocycles. The van der Waals surface area contributed by atoms with Crippen LogP contribution in [0.4, 0.5) is 5.69 Å². The number of aromatic nitrogens is 1. The maximum atomic E-state index is 13.6. The average molecular weight is 598 g/mol. The molecule has 4 aliphatic rings. The number of aryl methyl sites for hydroxylation is 1. The van der Waals surface area contributed by atoms with Crippen LogP contribution in [0, 0.1) is 11.8 Å². The molecule has 1 amide bonds. The summed E-state index contributed by atoms with van der Waals surface area (Å²) < 4.78 is 22.9. The van der Waals surface area contributed by atoms with Crippen LogP contribution in [0.2, 0.25) is 5.15 Å². The minimum Gasteiger partial charge on any atom is -0.490 e. The number of hydrogen-bond donors (Lipinski definition) is 2. The fourth-order valence-corrected chi connectivity index (χ4v) is 9.09. The van der Waals surface area contributed by atoms with Gasteiger partial charge in [-0.25, -0.2) is 9.19 Å². The smallest absolute Gasteiger partial charge is 0.262 e. The number of anilines is 1. The van der Waals surface area contributed by atoms with Gasteiger partial charge in [0, 0.05) is 35.0 Å². The van der Waals surface area contributed by atoms with E-state index in [4.69, 9.17) is 16.3 Å². The van der Waals surface area contributed by atoms with Crippen LogP contribution in [-0.4, -0.2) is 57.1 Å². The quantitative estimate of drug-likeness (QED) is 0.270. The molecule has 1 fully saturated rings. The Kier molecular flexibility index (Phi) is 7.85. The minimum atomic E-state index is -2.88. The fourth-order valence-electron chi connectivity index (χ4n) is 7.27. The first-order valence-electron chi connectivity index (χ1n) is 14.9. The summed E-state index contributed by atoms with van der Waals surface area (Å²) in [4.78, 5) is 20.5. The first kappa shape index (κ1) is 28.6. The number of hydrogen-bond acceptors (Lipinski definition) is 6. The molecule has 9 heteroatoms. The summed E-state index contributed by atoms with van der Waals surface area (Å²) in [6.07, 6.45) is 10.2. The lowest BCUT2D eigenvalue weighted by atomic mass is 9.69. The second-order valence-corrected chi connectivity index (χ2v) is 15.0. The van der Waals surface area contributed by atoms with Crippen molar-refractivity contribution in [3.63, 3.8) is 0 Å². The molecule has 1 spiro atoms. The maximum Gasteiger partial charge on any atom is 0.262 e. The third-order valence-corrected chi connectivity index (χ3v) is 12.1. The number of carbonyl (C=O) groups excluding carboxylic acids is 1. The number of nitrogens with one attached hydrogen (secondary N) is 1. The van der Waals surface area contributed by atoms with E-state index < -0.39 is 15.8 Å². The molecule has 2 N–H and O–H groups in total. The maximum absolute atomic E-state index is 13.6. The largest absolute Gasteiger partial charge is 0.490 e. The SMILES string of the molecule is C=S1(=O)NC(=O)c2ccc3c(c2)N(C[C@@H]2CC[C@H]2[C@@H](O)/C=C/CC[C@H]1CC)C[C@@]1(CCCc2nc(Cl)ccc21)CO3. The Morgan fingerprint density at radius 1 is 1.27 bits per heavy atom. The van der Waals surface area contributed by atoms with Gasteiger partial charge < -0.3 is 14.7 Å². The lowest BCUT2D eigenvalue weighted by Crippen LogP contribution is -2.49. The summed E-state index contributed by atoms with van der Waals surface area (Å²) in [5.41, 5.74) is 3.23. The molecule has 41 heavy (non-hydrogen) atoms. The third kappa shape index (κ3) is 5.51. The minimum absolute atomic E-state index is 0.173. The summed E-state index contributed by atoms with van der Waals surface area (Å²) in [5, 5.41) is 11.4. The normalized spacial score (nSPS) is 34.3. The first-order chi connectivity index (χ1) is 19.7. The molecule has 2 aromatic rings. The third-order valence-electron chi connectivity index (χ3n) is 9.76. The number of allylic oxidation sites excluding steroid dienone is 1. The van der Waals surface area contributed by atoms with Gasteiger partial charge in [-0.2, -0.15) is 0 Å². The van der Waals surface area contributed by atoms with Crippen molar-refractivity contribution < 1.29 is 18.8 Å². The van der Waals surface area contributed by atoms with Crippen molar-refractivity contribution in [2.24, 2.45) is 11.8 Å². The highest BCUT2D eigenvalue weighted by Gasteiger charge is 2.44. The van der Waals surface area contributed by atoms with Gasteiger partial charge >= 0.3 is 0 Å². The first-order valence-corrected chi connectivity index (χ1v) is 17.1. The van der Waals surface area contributed by atoms with Gasteiger partial charge in [-0.1, -0.05) is 36.7 Å². The van der Waals surface area contributed by atoms with E-state index in [1.807, 2.05) is 37.3 Å². The van der Waals surface area contributed by atoms with Crippen molar-refractivity contribution in [1.29, 1.82) is 0 Å². The average Bonchev–Trinajstić information content (AvgIpc) is 3.07. The van der Waals surface area contributed by atoms with E-state index in [2.05, 4.69) is 26.5 Å². The van der Waals surface area contributed by atoms with Gasteiger partial charge in [-0.15, -0.1) is 0 Å². The van der Waals surface area contributed by atoms with E-state index in [-0.39, 0.29) is 22.5 Å². The van der Waals surface area contributed by atoms with E-state index in [1.54, 1.807) is 6.07 Å². The summed E-state index contributed by atoms with van der Waals surface area (Å²) in [6, 6.07) is 9.46. The van der Waals surface area contributed by atoms with Crippen molar-refractivity contribution in [3.05, 3.63) is 64.5 Å². The number of nitrogens with zero attached hydrogens (tertiary/aromatic N) is 2. The number of halogens is 1. The number of carbonyl (C=O) groups is 1. The van der Waals surface area contributed by atoms with Crippen LogP contribution in [-0.2, 0) is 21.5 Å². The van der Waals surface area contributed by atoms with E-state index in [0.717, 1.165) is 55.8 Å². The Bertz CT molecular complexity index is 1460. The second kappa shape index (κ2) is 11.3. The van der Waals surface area contributed by atoms with E-state index >= 15 is 0 Å². The predicted molar refractivity (Wildman–Crippen MR) is 165 cm³/mol. The summed E-state index contributed by atoms with van der Waals surface area (Å²) in [5.74, 6) is 4.79. The van der Waals surface area contributed by atoms with Crippen molar-refractivity contribution in [2.45, 2.75) is 75.1 Å². The van der Waals surface area contributed by atoms with Crippen LogP contribution in [0.15, 0.2) is 42.5 Å². The Balaban J connectivity index is 1.42. The highest BCUT2D eigenvalue weighted by atomic mass is 35.5. The fraction of sp³-hybridized carbons (Fsp3) is 0.531. The van der Waals surface area contributed by atoms with E-state index in [1.165, 1.54) is 5.56 Å². The zero-order chi connectivity index (χ0) is 28.8. The van der Waals surface area contributed by atoms with Crippen LogP contribution in [0.25, 0.3) is 0 Å². The molecule has 6 rings (SSSR count).